The molecule has 1 saturated heterocycles. The van der Waals surface area contributed by atoms with E-state index in [2.05, 4.69) is 4.72 Å². The van der Waals surface area contributed by atoms with Crippen LogP contribution in [0.25, 0.3) is 0 Å². The van der Waals surface area contributed by atoms with Crippen LogP contribution in [0.5, 0.6) is 0 Å². The number of hydrogen-bond acceptors (Lipinski definition) is 4. The van der Waals surface area contributed by atoms with E-state index in [1.54, 1.807) is 4.90 Å². The molecule has 0 spiro atoms. The highest BCUT2D eigenvalue weighted by Crippen LogP contribution is 2.21. The van der Waals surface area contributed by atoms with Gasteiger partial charge < -0.3 is 9.64 Å². The van der Waals surface area contributed by atoms with Gasteiger partial charge in [0.1, 0.15) is 11.9 Å². The largest absolute Gasteiger partial charge is 0.370 e. The highest BCUT2D eigenvalue weighted by molar-refractivity contribution is 7.89. The van der Waals surface area contributed by atoms with Crippen LogP contribution in [-0.2, 0) is 19.6 Å². The molecule has 1 heterocycles. The minimum absolute atomic E-state index is 0.0872. The molecule has 1 fully saturated rings. The van der Waals surface area contributed by atoms with Crippen molar-refractivity contribution in [3.8, 4) is 0 Å². The summed E-state index contributed by atoms with van der Waals surface area (Å²) < 4.78 is 45.3. The molecule has 2 aromatic rings. The molecule has 6 nitrogen and oxygen atoms in total. The molecule has 1 amide bonds. The quantitative estimate of drug-likeness (QED) is 0.859. The molecule has 1 aliphatic rings. The lowest BCUT2D eigenvalue weighted by molar-refractivity contribution is -0.137. The molecule has 8 heteroatoms. The van der Waals surface area contributed by atoms with Gasteiger partial charge in [0.25, 0.3) is 0 Å². The second kappa shape index (κ2) is 7.94. The zero-order chi connectivity index (χ0) is 18.6. The van der Waals surface area contributed by atoms with Gasteiger partial charge in [-0.05, 0) is 29.8 Å². The van der Waals surface area contributed by atoms with Gasteiger partial charge in [-0.2, -0.15) is 0 Å². The molecule has 0 radical (unpaired) electrons. The van der Waals surface area contributed by atoms with Crippen molar-refractivity contribution in [2.45, 2.75) is 11.0 Å². The van der Waals surface area contributed by atoms with Crippen molar-refractivity contribution in [2.75, 3.05) is 26.2 Å². The number of halogens is 1. The highest BCUT2D eigenvalue weighted by Gasteiger charge is 2.26. The fourth-order valence-corrected chi connectivity index (χ4v) is 3.69. The van der Waals surface area contributed by atoms with Crippen molar-refractivity contribution >= 4 is 15.9 Å². The summed E-state index contributed by atoms with van der Waals surface area (Å²) in [6.45, 7) is 0.790. The Bertz CT molecular complexity index is 857. The van der Waals surface area contributed by atoms with Gasteiger partial charge in [-0.3, -0.25) is 4.79 Å². The number of carbonyl (C=O) groups is 1. The average Bonchev–Trinajstić information content (AvgIpc) is 2.67. The Morgan fingerprint density at radius 3 is 2.54 bits per heavy atom. The minimum Gasteiger partial charge on any atom is -0.370 e. The Morgan fingerprint density at radius 2 is 1.85 bits per heavy atom. The van der Waals surface area contributed by atoms with Crippen LogP contribution in [0.2, 0.25) is 0 Å². The van der Waals surface area contributed by atoms with E-state index in [-0.39, 0.29) is 23.5 Å². The standard InChI is InChI=1S/C18H19FN2O4S/c19-15-6-8-16(9-7-15)26(23,24)20-12-18(22)21-10-11-25-17(13-21)14-4-2-1-3-5-14/h1-9,17,20H,10-13H2/t17-/m0/s1. The summed E-state index contributed by atoms with van der Waals surface area (Å²) in [5, 5.41) is 0. The van der Waals surface area contributed by atoms with E-state index in [0.29, 0.717) is 19.7 Å². The van der Waals surface area contributed by atoms with Crippen molar-refractivity contribution < 1.29 is 22.3 Å². The van der Waals surface area contributed by atoms with Crippen LogP contribution >= 0.6 is 0 Å². The molecular weight excluding hydrogens is 359 g/mol. The Kier molecular flexibility index (Phi) is 5.65. The monoisotopic (exact) mass is 378 g/mol. The van der Waals surface area contributed by atoms with Gasteiger partial charge in [-0.1, -0.05) is 30.3 Å². The molecule has 1 atom stereocenters. The molecule has 3 rings (SSSR count). The van der Waals surface area contributed by atoms with E-state index < -0.39 is 15.8 Å². The SMILES string of the molecule is O=C(CNS(=O)(=O)c1ccc(F)cc1)N1CCO[C@H](c2ccccc2)C1. The van der Waals surface area contributed by atoms with Crippen molar-refractivity contribution in [3.63, 3.8) is 0 Å². The summed E-state index contributed by atoms with van der Waals surface area (Å²) in [6.07, 6.45) is -0.234. The maximum absolute atomic E-state index is 12.9. The Hall–Kier alpha value is -2.29. The molecule has 1 N–H and O–H groups in total. The first-order valence-electron chi connectivity index (χ1n) is 8.15. The molecular formula is C18H19FN2O4S. The summed E-state index contributed by atoms with van der Waals surface area (Å²) in [5.41, 5.74) is 0.969. The number of morpholine rings is 1. The third-order valence-corrected chi connectivity index (χ3v) is 5.55. The molecule has 2 aromatic carbocycles. The highest BCUT2D eigenvalue weighted by atomic mass is 32.2. The summed E-state index contributed by atoms with van der Waals surface area (Å²) in [5.74, 6) is -0.861. The first-order chi connectivity index (χ1) is 12.5. The van der Waals surface area contributed by atoms with Crippen LogP contribution in [0.3, 0.4) is 0 Å². The number of nitrogens with one attached hydrogen (secondary N) is 1. The average molecular weight is 378 g/mol. The van der Waals surface area contributed by atoms with E-state index >= 15 is 0 Å². The minimum atomic E-state index is -3.87. The smallest absolute Gasteiger partial charge is 0.241 e. The molecule has 0 aromatic heterocycles. The maximum Gasteiger partial charge on any atom is 0.241 e. The molecule has 0 bridgehead atoms. The first kappa shape index (κ1) is 18.5. The molecule has 0 saturated carbocycles. The third kappa shape index (κ3) is 4.46. The van der Waals surface area contributed by atoms with Crippen molar-refractivity contribution in [1.82, 2.24) is 9.62 Å². The Balaban J connectivity index is 1.60. The molecule has 0 aliphatic carbocycles. The van der Waals surface area contributed by atoms with E-state index in [9.17, 15) is 17.6 Å². The van der Waals surface area contributed by atoms with E-state index in [0.717, 1.165) is 29.8 Å². The second-order valence-electron chi connectivity index (χ2n) is 5.89. The van der Waals surface area contributed by atoms with Gasteiger partial charge in [-0.15, -0.1) is 0 Å². The van der Waals surface area contributed by atoms with Crippen LogP contribution in [0.15, 0.2) is 59.5 Å². The second-order valence-corrected chi connectivity index (χ2v) is 7.66. The van der Waals surface area contributed by atoms with Crippen LogP contribution in [-0.4, -0.2) is 45.5 Å². The number of hydrogen-bond donors (Lipinski definition) is 1. The summed E-state index contributed by atoms with van der Waals surface area (Å²) in [7, 11) is -3.87. The lowest BCUT2D eigenvalue weighted by atomic mass is 10.1. The molecule has 1 aliphatic heterocycles. The van der Waals surface area contributed by atoms with E-state index in [4.69, 9.17) is 4.74 Å². The summed E-state index contributed by atoms with van der Waals surface area (Å²) in [6, 6.07) is 14.0. The maximum atomic E-state index is 12.9. The van der Waals surface area contributed by atoms with Crippen LogP contribution in [0.1, 0.15) is 11.7 Å². The Labute approximate surface area is 151 Å². The first-order valence-corrected chi connectivity index (χ1v) is 9.63. The number of amides is 1. The van der Waals surface area contributed by atoms with Crippen molar-refractivity contribution in [1.29, 1.82) is 0 Å². The number of nitrogens with zero attached hydrogens (tertiary/aromatic N) is 1. The zero-order valence-corrected chi connectivity index (χ0v) is 14.8. The zero-order valence-electron chi connectivity index (χ0n) is 14.0. The number of benzene rings is 2. The van der Waals surface area contributed by atoms with Gasteiger partial charge >= 0.3 is 0 Å². The summed E-state index contributed by atoms with van der Waals surface area (Å²) in [4.78, 5) is 13.9. The van der Waals surface area contributed by atoms with Crippen molar-refractivity contribution in [3.05, 3.63) is 66.0 Å². The van der Waals surface area contributed by atoms with Gasteiger partial charge in [-0.25, -0.2) is 17.5 Å². The number of ether oxygens (including phenoxy) is 1. The number of rotatable bonds is 5. The molecule has 0 unspecified atom stereocenters. The lowest BCUT2D eigenvalue weighted by Gasteiger charge is -2.33. The number of carbonyl (C=O) groups excluding carboxylic acids is 1. The van der Waals surface area contributed by atoms with Crippen LogP contribution < -0.4 is 4.72 Å². The van der Waals surface area contributed by atoms with E-state index in [1.165, 1.54) is 0 Å². The summed E-state index contributed by atoms with van der Waals surface area (Å²) >= 11 is 0. The number of sulfonamides is 1. The fourth-order valence-electron chi connectivity index (χ4n) is 2.71. The topological polar surface area (TPSA) is 75.7 Å². The molecule has 138 valence electrons. The van der Waals surface area contributed by atoms with Gasteiger partial charge in [0.15, 0.2) is 0 Å². The lowest BCUT2D eigenvalue weighted by Crippen LogP contribution is -2.46. The van der Waals surface area contributed by atoms with Crippen molar-refractivity contribution in [2.24, 2.45) is 0 Å². The Morgan fingerprint density at radius 1 is 1.15 bits per heavy atom. The fraction of sp³-hybridized carbons (Fsp3) is 0.278. The molecule has 26 heavy (non-hydrogen) atoms. The van der Waals surface area contributed by atoms with Gasteiger partial charge in [0.05, 0.1) is 24.6 Å². The normalized spacial score (nSPS) is 17.9. The van der Waals surface area contributed by atoms with E-state index in [1.807, 2.05) is 30.3 Å². The van der Waals surface area contributed by atoms with Crippen LogP contribution in [0.4, 0.5) is 4.39 Å². The van der Waals surface area contributed by atoms with Gasteiger partial charge in [0, 0.05) is 6.54 Å². The van der Waals surface area contributed by atoms with Crippen LogP contribution in [0, 0.1) is 5.82 Å². The van der Waals surface area contributed by atoms with Gasteiger partial charge in [0.2, 0.25) is 15.9 Å². The third-order valence-electron chi connectivity index (χ3n) is 4.13. The predicted octanol–water partition coefficient (Wildman–Crippen LogP) is 1.70. The predicted molar refractivity (Wildman–Crippen MR) is 93.3 cm³/mol.